The monoisotopic (exact) mass is 291 g/mol. The first-order valence-corrected chi connectivity index (χ1v) is 8.17. The zero-order chi connectivity index (χ0) is 13.9. The van der Waals surface area contributed by atoms with Gasteiger partial charge >= 0.3 is 0 Å². The van der Waals surface area contributed by atoms with E-state index in [1.165, 1.54) is 4.90 Å². The Labute approximate surface area is 124 Å². The molecule has 3 rings (SSSR count). The number of fused-ring (bicyclic) bond motifs is 1. The van der Waals surface area contributed by atoms with Gasteiger partial charge in [0.15, 0.2) is 0 Å². The molecule has 108 valence electrons. The molecule has 1 saturated heterocycles. The fourth-order valence-electron chi connectivity index (χ4n) is 2.73. The summed E-state index contributed by atoms with van der Waals surface area (Å²) in [5.41, 5.74) is 1.07. The normalized spacial score (nSPS) is 23.8. The van der Waals surface area contributed by atoms with Crippen LogP contribution in [0.2, 0.25) is 0 Å². The van der Waals surface area contributed by atoms with Gasteiger partial charge in [0.2, 0.25) is 5.91 Å². The van der Waals surface area contributed by atoms with E-state index in [0.717, 1.165) is 38.3 Å². The first-order chi connectivity index (χ1) is 9.79. The summed E-state index contributed by atoms with van der Waals surface area (Å²) in [6, 6.07) is 8.26. The predicted octanol–water partition coefficient (Wildman–Crippen LogP) is 1.77. The minimum Gasteiger partial charge on any atom is -0.314 e. The first kappa shape index (κ1) is 13.9. The second kappa shape index (κ2) is 6.16. The van der Waals surface area contributed by atoms with Gasteiger partial charge < -0.3 is 5.32 Å². The molecule has 2 aliphatic heterocycles. The maximum Gasteiger partial charge on any atom is 0.241 e. The quantitative estimate of drug-likeness (QED) is 0.920. The van der Waals surface area contributed by atoms with E-state index in [1.54, 1.807) is 11.8 Å². The molecule has 4 nitrogen and oxygen atoms in total. The van der Waals surface area contributed by atoms with Crippen molar-refractivity contribution in [1.82, 2.24) is 10.2 Å². The second-order valence-electron chi connectivity index (χ2n) is 5.26. The lowest BCUT2D eigenvalue weighted by Gasteiger charge is -2.38. The summed E-state index contributed by atoms with van der Waals surface area (Å²) in [4.78, 5) is 18.2. The van der Waals surface area contributed by atoms with Crippen molar-refractivity contribution in [2.45, 2.75) is 23.5 Å². The van der Waals surface area contributed by atoms with Gasteiger partial charge in [-0.1, -0.05) is 19.1 Å². The molecule has 0 aromatic heterocycles. The Bertz CT molecular complexity index is 488. The molecule has 20 heavy (non-hydrogen) atoms. The summed E-state index contributed by atoms with van der Waals surface area (Å²) in [7, 11) is 0. The van der Waals surface area contributed by atoms with Crippen LogP contribution in [-0.2, 0) is 4.79 Å². The van der Waals surface area contributed by atoms with E-state index < -0.39 is 0 Å². The van der Waals surface area contributed by atoms with E-state index in [2.05, 4.69) is 35.3 Å². The van der Waals surface area contributed by atoms with Crippen molar-refractivity contribution >= 4 is 23.4 Å². The second-order valence-corrected chi connectivity index (χ2v) is 6.50. The number of hydrogen-bond donors (Lipinski definition) is 1. The molecular weight excluding hydrogens is 270 g/mol. The van der Waals surface area contributed by atoms with E-state index in [-0.39, 0.29) is 11.2 Å². The van der Waals surface area contributed by atoms with Crippen LogP contribution in [0.25, 0.3) is 0 Å². The average Bonchev–Trinajstić information content (AvgIpc) is 2.51. The van der Waals surface area contributed by atoms with E-state index in [1.807, 2.05) is 11.0 Å². The molecule has 0 saturated carbocycles. The van der Waals surface area contributed by atoms with Crippen molar-refractivity contribution in [3.63, 3.8) is 0 Å². The molecule has 2 aliphatic rings. The first-order valence-electron chi connectivity index (χ1n) is 7.29. The average molecular weight is 291 g/mol. The van der Waals surface area contributed by atoms with Crippen LogP contribution in [0.4, 0.5) is 5.69 Å². The van der Waals surface area contributed by atoms with Gasteiger partial charge in [-0.05, 0) is 18.6 Å². The van der Waals surface area contributed by atoms with Crippen LogP contribution >= 0.6 is 11.8 Å². The van der Waals surface area contributed by atoms with E-state index in [0.29, 0.717) is 6.67 Å². The van der Waals surface area contributed by atoms with Crippen LogP contribution in [0.15, 0.2) is 29.2 Å². The van der Waals surface area contributed by atoms with Crippen molar-refractivity contribution in [3.05, 3.63) is 24.3 Å². The lowest BCUT2D eigenvalue weighted by atomic mass is 10.2. The van der Waals surface area contributed by atoms with E-state index in [4.69, 9.17) is 0 Å². The third-order valence-corrected chi connectivity index (χ3v) is 5.31. The van der Waals surface area contributed by atoms with Crippen LogP contribution in [0.1, 0.15) is 13.3 Å². The fraction of sp³-hybridized carbons (Fsp3) is 0.533. The number of carbonyl (C=O) groups excluding carboxylic acids is 1. The van der Waals surface area contributed by atoms with Crippen LogP contribution in [0.3, 0.4) is 0 Å². The summed E-state index contributed by atoms with van der Waals surface area (Å²) >= 11 is 1.71. The summed E-state index contributed by atoms with van der Waals surface area (Å²) in [5, 5.41) is 3.42. The van der Waals surface area contributed by atoms with Crippen LogP contribution in [0, 0.1) is 0 Å². The van der Waals surface area contributed by atoms with Gasteiger partial charge in [0.1, 0.15) is 0 Å². The predicted molar refractivity (Wildman–Crippen MR) is 83.2 cm³/mol. The smallest absolute Gasteiger partial charge is 0.241 e. The Morgan fingerprint density at radius 3 is 2.80 bits per heavy atom. The van der Waals surface area contributed by atoms with Crippen molar-refractivity contribution in [2.24, 2.45) is 0 Å². The Morgan fingerprint density at radius 1 is 1.30 bits per heavy atom. The number of amides is 1. The number of hydrogen-bond acceptors (Lipinski definition) is 4. The highest BCUT2D eigenvalue weighted by Crippen LogP contribution is 2.40. The molecule has 1 amide bonds. The van der Waals surface area contributed by atoms with Crippen molar-refractivity contribution in [1.29, 1.82) is 0 Å². The van der Waals surface area contributed by atoms with Gasteiger partial charge in [-0.25, -0.2) is 0 Å². The molecule has 1 aromatic rings. The topological polar surface area (TPSA) is 35.6 Å². The fourth-order valence-corrected chi connectivity index (χ4v) is 3.89. The molecule has 1 N–H and O–H groups in total. The van der Waals surface area contributed by atoms with Crippen LogP contribution in [-0.4, -0.2) is 48.9 Å². The van der Waals surface area contributed by atoms with Gasteiger partial charge in [0.25, 0.3) is 0 Å². The SMILES string of the molecule is CCC1Sc2ccccc2N(CN2CCNCC2)C1=O. The van der Waals surface area contributed by atoms with Gasteiger partial charge in [-0.15, -0.1) is 11.8 Å². The molecule has 1 aromatic carbocycles. The number of piperazine rings is 1. The number of nitrogens with one attached hydrogen (secondary N) is 1. The van der Waals surface area contributed by atoms with Gasteiger partial charge in [-0.2, -0.15) is 0 Å². The number of benzene rings is 1. The third kappa shape index (κ3) is 2.71. The molecule has 0 aliphatic carbocycles. The largest absolute Gasteiger partial charge is 0.314 e. The summed E-state index contributed by atoms with van der Waals surface area (Å²) in [5.74, 6) is 0.259. The molecule has 5 heteroatoms. The third-order valence-electron chi connectivity index (χ3n) is 3.89. The Balaban J connectivity index is 1.84. The van der Waals surface area contributed by atoms with E-state index >= 15 is 0 Å². The van der Waals surface area contributed by atoms with Gasteiger partial charge in [-0.3, -0.25) is 14.6 Å². The molecule has 1 unspecified atom stereocenters. The standard InChI is InChI=1S/C15H21N3OS/c1-2-13-15(19)18(11-17-9-7-16-8-10-17)12-5-3-4-6-14(12)20-13/h3-6,13,16H,2,7-11H2,1H3. The summed E-state index contributed by atoms with van der Waals surface area (Å²) in [6.45, 7) is 6.85. The number of anilines is 1. The summed E-state index contributed by atoms with van der Waals surface area (Å²) in [6.07, 6.45) is 0.885. The minimum atomic E-state index is 0.0628. The highest BCUT2D eigenvalue weighted by molar-refractivity contribution is 8.01. The molecule has 1 fully saturated rings. The Morgan fingerprint density at radius 2 is 2.05 bits per heavy atom. The maximum absolute atomic E-state index is 12.7. The lowest BCUT2D eigenvalue weighted by Crippen LogP contribution is -2.52. The zero-order valence-corrected chi connectivity index (χ0v) is 12.7. The number of para-hydroxylation sites is 1. The maximum atomic E-state index is 12.7. The number of thioether (sulfide) groups is 1. The van der Waals surface area contributed by atoms with Gasteiger partial charge in [0, 0.05) is 31.1 Å². The number of rotatable bonds is 3. The van der Waals surface area contributed by atoms with E-state index in [9.17, 15) is 4.79 Å². The lowest BCUT2D eigenvalue weighted by molar-refractivity contribution is -0.118. The Hall–Kier alpha value is -1.04. The molecule has 0 bridgehead atoms. The molecule has 0 radical (unpaired) electrons. The highest BCUT2D eigenvalue weighted by Gasteiger charge is 2.33. The van der Waals surface area contributed by atoms with Crippen molar-refractivity contribution < 1.29 is 4.79 Å². The molecule has 1 atom stereocenters. The highest BCUT2D eigenvalue weighted by atomic mass is 32.2. The van der Waals surface area contributed by atoms with Crippen molar-refractivity contribution in [2.75, 3.05) is 37.7 Å². The zero-order valence-electron chi connectivity index (χ0n) is 11.8. The number of carbonyl (C=O) groups is 1. The summed E-state index contributed by atoms with van der Waals surface area (Å²) < 4.78 is 0. The number of nitrogens with zero attached hydrogens (tertiary/aromatic N) is 2. The van der Waals surface area contributed by atoms with Crippen LogP contribution < -0.4 is 10.2 Å². The molecule has 2 heterocycles. The molecular formula is C15H21N3OS. The molecule has 0 spiro atoms. The minimum absolute atomic E-state index is 0.0628. The van der Waals surface area contributed by atoms with Crippen molar-refractivity contribution in [3.8, 4) is 0 Å². The van der Waals surface area contributed by atoms with Crippen LogP contribution in [0.5, 0.6) is 0 Å². The van der Waals surface area contributed by atoms with Gasteiger partial charge in [0.05, 0.1) is 17.6 Å². The Kier molecular flexibility index (Phi) is 4.29.